The minimum absolute atomic E-state index is 0.193. The maximum absolute atomic E-state index is 10.2. The van der Waals surface area contributed by atoms with Gasteiger partial charge in [0, 0.05) is 13.0 Å². The lowest BCUT2D eigenvalue weighted by Gasteiger charge is -1.94. The molecule has 0 aliphatic carbocycles. The topological polar surface area (TPSA) is 26.3 Å². The van der Waals surface area contributed by atoms with E-state index >= 15 is 0 Å². The van der Waals surface area contributed by atoms with Crippen LogP contribution in [0.15, 0.2) is 0 Å². The van der Waals surface area contributed by atoms with E-state index < -0.39 is 0 Å². The average Bonchev–Trinajstić information content (AvgIpc) is 1.66. The fraction of sp³-hybridized carbons (Fsp3) is 0.833. The van der Waals surface area contributed by atoms with Gasteiger partial charge in [0.15, 0.2) is 0 Å². The molecule has 0 saturated heterocycles. The van der Waals surface area contributed by atoms with Gasteiger partial charge in [-0.3, -0.25) is 4.79 Å². The zero-order valence-corrected chi connectivity index (χ0v) is 5.44. The highest BCUT2D eigenvalue weighted by molar-refractivity contribution is 5.75. The molecule has 2 nitrogen and oxygen atoms in total. The minimum atomic E-state index is 0.193. The van der Waals surface area contributed by atoms with E-state index in [1.54, 1.807) is 6.92 Å². The van der Waals surface area contributed by atoms with Gasteiger partial charge in [-0.2, -0.15) is 0 Å². The Kier molecular flexibility index (Phi) is 4.56. The number of carbonyl (C=O) groups is 1. The molecule has 0 N–H and O–H groups in total. The molecule has 0 heterocycles. The molecular weight excluding hydrogens is 105 g/mol. The summed E-state index contributed by atoms with van der Waals surface area (Å²) in [6.45, 7) is 4.76. The third kappa shape index (κ3) is 5.63. The lowest BCUT2D eigenvalue weighted by Crippen LogP contribution is -1.98. The van der Waals surface area contributed by atoms with Gasteiger partial charge in [0.1, 0.15) is 5.78 Å². The summed E-state index contributed by atoms with van der Waals surface area (Å²) in [7, 11) is 0. The fourth-order valence-electron chi connectivity index (χ4n) is 0.360. The van der Waals surface area contributed by atoms with E-state index in [-0.39, 0.29) is 5.78 Å². The molecule has 0 bridgehead atoms. The first kappa shape index (κ1) is 7.63. The predicted octanol–water partition coefficient (Wildman–Crippen LogP) is 1.00. The molecule has 0 rings (SSSR count). The van der Waals surface area contributed by atoms with Gasteiger partial charge in [-0.25, -0.2) is 0 Å². The summed E-state index contributed by atoms with van der Waals surface area (Å²) >= 11 is 0. The van der Waals surface area contributed by atoms with Crippen LogP contribution in [0.5, 0.6) is 0 Å². The SMILES string of the molecule is CCOCCC([13CH3])=O. The Morgan fingerprint density at radius 3 is 2.62 bits per heavy atom. The smallest absolute Gasteiger partial charge is 0.132 e. The van der Waals surface area contributed by atoms with Crippen molar-refractivity contribution in [2.75, 3.05) is 13.2 Å². The van der Waals surface area contributed by atoms with Crippen LogP contribution in [0, 0.1) is 0 Å². The molecule has 0 fully saturated rings. The number of rotatable bonds is 4. The number of ether oxygens (including phenoxy) is 1. The molecule has 0 aromatic rings. The first-order valence-electron chi connectivity index (χ1n) is 2.84. The van der Waals surface area contributed by atoms with Crippen molar-refractivity contribution >= 4 is 5.78 Å². The van der Waals surface area contributed by atoms with Crippen molar-refractivity contribution in [1.29, 1.82) is 0 Å². The van der Waals surface area contributed by atoms with Crippen LogP contribution in [0.1, 0.15) is 20.3 Å². The second kappa shape index (κ2) is 4.78. The summed E-state index contributed by atoms with van der Waals surface area (Å²) in [5, 5.41) is 0. The molecule has 0 aromatic heterocycles. The Balaban J connectivity index is 2.82. The molecule has 0 aromatic carbocycles. The molecule has 48 valence electrons. The van der Waals surface area contributed by atoms with E-state index in [2.05, 4.69) is 0 Å². The van der Waals surface area contributed by atoms with Crippen LogP contribution in [0.3, 0.4) is 0 Å². The van der Waals surface area contributed by atoms with Gasteiger partial charge in [-0.15, -0.1) is 0 Å². The van der Waals surface area contributed by atoms with Gasteiger partial charge < -0.3 is 4.74 Å². The number of hydrogen-bond acceptors (Lipinski definition) is 2. The fourth-order valence-corrected chi connectivity index (χ4v) is 0.360. The molecule has 0 radical (unpaired) electrons. The molecule has 0 saturated carbocycles. The van der Waals surface area contributed by atoms with Crippen molar-refractivity contribution in [3.8, 4) is 0 Å². The van der Waals surface area contributed by atoms with Crippen molar-refractivity contribution in [1.82, 2.24) is 0 Å². The second-order valence-corrected chi connectivity index (χ2v) is 1.65. The first-order valence-corrected chi connectivity index (χ1v) is 2.84. The van der Waals surface area contributed by atoms with E-state index in [9.17, 15) is 4.79 Å². The normalized spacial score (nSPS) is 9.25. The molecular formula is C6H12O2. The Morgan fingerprint density at radius 2 is 2.25 bits per heavy atom. The maximum atomic E-state index is 10.2. The number of ketones is 1. The monoisotopic (exact) mass is 117 g/mol. The minimum Gasteiger partial charge on any atom is -0.381 e. The van der Waals surface area contributed by atoms with E-state index in [4.69, 9.17) is 4.74 Å². The summed E-state index contributed by atoms with van der Waals surface area (Å²) in [5.74, 6) is 0.193. The van der Waals surface area contributed by atoms with Gasteiger partial charge in [-0.1, -0.05) is 0 Å². The molecule has 0 amide bonds. The Hall–Kier alpha value is -0.370. The van der Waals surface area contributed by atoms with Gasteiger partial charge in [0.05, 0.1) is 6.61 Å². The predicted molar refractivity (Wildman–Crippen MR) is 31.8 cm³/mol. The van der Waals surface area contributed by atoms with Crippen molar-refractivity contribution in [3.05, 3.63) is 0 Å². The summed E-state index contributed by atoms with van der Waals surface area (Å²) in [6.07, 6.45) is 0.549. The van der Waals surface area contributed by atoms with Crippen LogP contribution in [0.4, 0.5) is 0 Å². The van der Waals surface area contributed by atoms with E-state index in [1.807, 2.05) is 6.92 Å². The van der Waals surface area contributed by atoms with Crippen molar-refractivity contribution < 1.29 is 9.53 Å². The van der Waals surface area contributed by atoms with Gasteiger partial charge in [0.2, 0.25) is 0 Å². The highest BCUT2D eigenvalue weighted by Crippen LogP contribution is 1.82. The third-order valence-electron chi connectivity index (χ3n) is 0.803. The Morgan fingerprint density at radius 1 is 1.62 bits per heavy atom. The summed E-state index contributed by atoms with van der Waals surface area (Å²) in [6, 6.07) is 0. The van der Waals surface area contributed by atoms with Gasteiger partial charge in [-0.05, 0) is 13.8 Å². The maximum Gasteiger partial charge on any atom is 0.132 e. The van der Waals surface area contributed by atoms with Crippen LogP contribution in [0.2, 0.25) is 0 Å². The van der Waals surface area contributed by atoms with Crippen LogP contribution in [0.25, 0.3) is 0 Å². The zero-order valence-electron chi connectivity index (χ0n) is 5.44. The Bertz CT molecular complexity index is 68.9. The lowest BCUT2D eigenvalue weighted by atomic mass is 10.4. The highest BCUT2D eigenvalue weighted by Gasteiger charge is 1.89. The summed E-state index contributed by atoms with van der Waals surface area (Å²) in [5.41, 5.74) is 0. The van der Waals surface area contributed by atoms with Crippen molar-refractivity contribution in [2.45, 2.75) is 20.3 Å². The summed E-state index contributed by atoms with van der Waals surface area (Å²) in [4.78, 5) is 10.2. The second-order valence-electron chi connectivity index (χ2n) is 1.65. The Labute approximate surface area is 49.8 Å². The molecule has 2 heteroatoms. The standard InChI is InChI=1S/C6H12O2/c1-3-8-5-4-6(2)7/h3-5H2,1-2H3/i2+1. The first-order chi connectivity index (χ1) is 3.77. The number of carbonyl (C=O) groups excluding carboxylic acids is 1. The van der Waals surface area contributed by atoms with E-state index in [1.165, 1.54) is 0 Å². The quantitative estimate of drug-likeness (QED) is 0.405. The molecule has 8 heavy (non-hydrogen) atoms. The third-order valence-corrected chi connectivity index (χ3v) is 0.803. The molecule has 0 aliphatic rings. The van der Waals surface area contributed by atoms with E-state index in [0.29, 0.717) is 19.6 Å². The molecule has 0 unspecified atom stereocenters. The number of hydrogen-bond donors (Lipinski definition) is 0. The van der Waals surface area contributed by atoms with Crippen LogP contribution < -0.4 is 0 Å². The van der Waals surface area contributed by atoms with Gasteiger partial charge >= 0.3 is 0 Å². The summed E-state index contributed by atoms with van der Waals surface area (Å²) < 4.78 is 4.92. The van der Waals surface area contributed by atoms with Crippen molar-refractivity contribution in [3.63, 3.8) is 0 Å². The lowest BCUT2D eigenvalue weighted by molar-refractivity contribution is -0.118. The highest BCUT2D eigenvalue weighted by atomic mass is 16.5. The van der Waals surface area contributed by atoms with Crippen LogP contribution in [-0.2, 0) is 9.53 Å². The van der Waals surface area contributed by atoms with E-state index in [0.717, 1.165) is 0 Å². The number of Topliss-reactive ketones (excluding diaryl/α,β-unsaturated/α-hetero) is 1. The zero-order chi connectivity index (χ0) is 6.41. The van der Waals surface area contributed by atoms with Crippen LogP contribution in [-0.4, -0.2) is 19.0 Å². The molecule has 0 aliphatic heterocycles. The molecule has 0 atom stereocenters. The van der Waals surface area contributed by atoms with Crippen LogP contribution >= 0.6 is 0 Å². The van der Waals surface area contributed by atoms with Crippen molar-refractivity contribution in [2.24, 2.45) is 0 Å². The largest absolute Gasteiger partial charge is 0.381 e. The average molecular weight is 117 g/mol. The van der Waals surface area contributed by atoms with Gasteiger partial charge in [0.25, 0.3) is 0 Å². The molecule has 0 spiro atoms.